The fraction of sp³-hybridized carbons (Fsp3) is 0.136. The van der Waals surface area contributed by atoms with Gasteiger partial charge in [-0.1, -0.05) is 289 Å². The maximum atomic E-state index is 7.77. The van der Waals surface area contributed by atoms with E-state index in [-0.39, 0.29) is 22.8 Å². The summed E-state index contributed by atoms with van der Waals surface area (Å²) in [5.74, 6) is 1.22. The SMILES string of the molecule is CC(C)N1C(=C(P(=S)(c2ccccc2)c2ccccc2)P(=S)(c2ccccc2)c2ccccc2)N(C(C)C)[Si]12SP(c1ccccc1)(c1ccccc1)=C2P(=S)(c1ccccc1)c1ccccc1.ClCCl.ClCCl. The minimum atomic E-state index is -3.11. The molecule has 1 spiro atoms. The molecule has 0 saturated carbocycles. The van der Waals surface area contributed by atoms with Crippen LogP contribution in [0.3, 0.4) is 0 Å². The predicted molar refractivity (Wildman–Crippen MR) is 351 cm³/mol. The third-order valence-electron chi connectivity index (χ3n) is 13.0. The van der Waals surface area contributed by atoms with E-state index in [1.54, 1.807) is 4.66 Å². The van der Waals surface area contributed by atoms with E-state index in [2.05, 4.69) is 290 Å². The Labute approximate surface area is 480 Å². The summed E-state index contributed by atoms with van der Waals surface area (Å²) >= 11 is 42.2. The maximum absolute atomic E-state index is 7.77. The van der Waals surface area contributed by atoms with Gasteiger partial charge < -0.3 is 9.13 Å². The summed E-state index contributed by atoms with van der Waals surface area (Å²) < 4.78 is 7.41. The van der Waals surface area contributed by atoms with Crippen LogP contribution in [0, 0.1) is 0 Å². The molecular formula is C59H58Cl4N2P4S4Si. The molecule has 8 aromatic carbocycles. The molecule has 1 saturated heterocycles. The van der Waals surface area contributed by atoms with Gasteiger partial charge in [-0.2, -0.15) is 0 Å². The first-order valence-corrected chi connectivity index (χ1v) is 40.6. The Hall–Kier alpha value is -2.92. The summed E-state index contributed by atoms with van der Waals surface area (Å²) in [4.78, 5) is 0. The molecule has 2 aliphatic heterocycles. The van der Waals surface area contributed by atoms with Crippen LogP contribution in [0.25, 0.3) is 0 Å². The van der Waals surface area contributed by atoms with E-state index in [1.165, 1.54) is 32.1 Å². The highest BCUT2D eigenvalue weighted by molar-refractivity contribution is 8.89. The lowest BCUT2D eigenvalue weighted by molar-refractivity contribution is 0.211. The van der Waals surface area contributed by atoms with Gasteiger partial charge in [0.1, 0.15) is 5.82 Å². The van der Waals surface area contributed by atoms with Crippen LogP contribution < -0.4 is 42.4 Å². The van der Waals surface area contributed by atoms with Gasteiger partial charge in [0.15, 0.2) is 0 Å². The topological polar surface area (TPSA) is 6.48 Å². The average Bonchev–Trinajstić information content (AvgIpc) is 3.62. The van der Waals surface area contributed by atoms with Crippen molar-refractivity contribution in [2.24, 2.45) is 0 Å². The molecule has 0 aromatic heterocycles. The molecule has 15 heteroatoms. The molecule has 0 unspecified atom stereocenters. The average molecular weight is 1220 g/mol. The summed E-state index contributed by atoms with van der Waals surface area (Å²) in [6, 6.07) is 80.5. The normalized spacial score (nSPS) is 16.1. The van der Waals surface area contributed by atoms with Gasteiger partial charge in [-0.25, -0.2) is 0 Å². The molecule has 10 rings (SSSR count). The van der Waals surface area contributed by atoms with Crippen molar-refractivity contribution in [3.63, 3.8) is 0 Å². The van der Waals surface area contributed by atoms with Crippen molar-refractivity contribution in [2.75, 3.05) is 10.7 Å². The highest BCUT2D eigenvalue weighted by atomic mass is 35.5. The molecule has 0 amide bonds. The largest absolute Gasteiger partial charge is 0.374 e. The van der Waals surface area contributed by atoms with Gasteiger partial charge in [-0.05, 0) is 70.1 Å². The van der Waals surface area contributed by atoms with Crippen LogP contribution in [0.1, 0.15) is 27.7 Å². The first kappa shape index (κ1) is 57.3. The zero-order chi connectivity index (χ0) is 52.6. The number of benzene rings is 8. The Morgan fingerprint density at radius 3 is 0.892 bits per heavy atom. The van der Waals surface area contributed by atoms with E-state index >= 15 is 0 Å². The summed E-state index contributed by atoms with van der Waals surface area (Å²) in [7, 11) is -0.826. The molecule has 2 aliphatic rings. The van der Waals surface area contributed by atoms with Gasteiger partial charge in [-0.3, -0.25) is 0 Å². The number of hydrogen-bond donors (Lipinski definition) is 0. The maximum Gasteiger partial charge on any atom is 0.374 e. The lowest BCUT2D eigenvalue weighted by Gasteiger charge is -2.73. The van der Waals surface area contributed by atoms with Gasteiger partial charge in [0.25, 0.3) is 0 Å². The van der Waals surface area contributed by atoms with Gasteiger partial charge in [0.05, 0.1) is 15.7 Å². The number of rotatable bonds is 13. The van der Waals surface area contributed by atoms with E-state index in [0.717, 1.165) is 21.2 Å². The van der Waals surface area contributed by atoms with Crippen LogP contribution in [-0.2, 0) is 35.4 Å². The molecule has 2 heterocycles. The molecule has 0 aliphatic carbocycles. The number of hydrogen-bond acceptors (Lipinski definition) is 6. The van der Waals surface area contributed by atoms with Gasteiger partial charge >= 0.3 is 7.55 Å². The second-order valence-corrected chi connectivity index (χ2v) is 45.2. The molecule has 0 radical (unpaired) electrons. The first-order valence-electron chi connectivity index (χ1n) is 24.2. The molecule has 2 nitrogen and oxygen atoms in total. The van der Waals surface area contributed by atoms with Crippen molar-refractivity contribution in [3.05, 3.63) is 254 Å². The highest BCUT2D eigenvalue weighted by Crippen LogP contribution is 2.84. The third kappa shape index (κ3) is 10.2. The Morgan fingerprint density at radius 2 is 0.649 bits per heavy atom. The summed E-state index contributed by atoms with van der Waals surface area (Å²) in [5, 5.41) is 11.4. The molecular weight excluding hydrogens is 1160 g/mol. The Kier molecular flexibility index (Phi) is 19.5. The molecule has 0 bridgehead atoms. The Bertz CT molecular complexity index is 3080. The van der Waals surface area contributed by atoms with Crippen molar-refractivity contribution >= 4 is 171 Å². The zero-order valence-corrected chi connectivity index (χ0v) is 52.4. The fourth-order valence-electron chi connectivity index (χ4n) is 10.3. The van der Waals surface area contributed by atoms with Crippen LogP contribution in [0.5, 0.6) is 0 Å². The molecule has 8 aromatic rings. The summed E-state index contributed by atoms with van der Waals surface area (Å²) in [6.07, 6.45) is -2.45. The molecule has 0 atom stereocenters. The molecule has 74 heavy (non-hydrogen) atoms. The summed E-state index contributed by atoms with van der Waals surface area (Å²) in [5.41, 5.74) is 0. The lowest BCUT2D eigenvalue weighted by Crippen LogP contribution is -2.85. The minimum absolute atomic E-state index is 0.0814. The number of halogens is 4. The second kappa shape index (κ2) is 25.3. The van der Waals surface area contributed by atoms with Crippen LogP contribution in [-0.4, -0.2) is 44.1 Å². The van der Waals surface area contributed by atoms with Gasteiger partial charge in [-0.15, -0.1) is 46.4 Å². The van der Waals surface area contributed by atoms with Gasteiger partial charge in [0.2, 0.25) is 0 Å². The summed E-state index contributed by atoms with van der Waals surface area (Å²) in [6.45, 7) is 9.62. The van der Waals surface area contributed by atoms with E-state index in [1.807, 2.05) is 0 Å². The number of alkyl halides is 4. The van der Waals surface area contributed by atoms with Crippen LogP contribution >= 0.6 is 81.4 Å². The van der Waals surface area contributed by atoms with Crippen molar-refractivity contribution in [1.82, 2.24) is 9.13 Å². The quantitative estimate of drug-likeness (QED) is 0.0640. The Morgan fingerprint density at radius 1 is 0.419 bits per heavy atom. The number of nitrogens with zero attached hydrogens (tertiary/aromatic N) is 2. The van der Waals surface area contributed by atoms with Crippen LogP contribution in [0.4, 0.5) is 0 Å². The predicted octanol–water partition coefficient (Wildman–Crippen LogP) is 14.7. The highest BCUT2D eigenvalue weighted by Gasteiger charge is 2.76. The smallest absolute Gasteiger partial charge is 0.353 e. The monoisotopic (exact) mass is 1210 g/mol. The van der Waals surface area contributed by atoms with E-state index in [9.17, 15) is 0 Å². The van der Waals surface area contributed by atoms with Crippen LogP contribution in [0.15, 0.2) is 254 Å². The van der Waals surface area contributed by atoms with Crippen molar-refractivity contribution in [1.29, 1.82) is 0 Å². The lowest BCUT2D eigenvalue weighted by atomic mass is 10.3. The van der Waals surface area contributed by atoms with E-state index < -0.39 is 31.7 Å². The second-order valence-electron chi connectivity index (χ2n) is 17.9. The fourth-order valence-corrected chi connectivity index (χ4v) is 63.2. The van der Waals surface area contributed by atoms with Crippen molar-refractivity contribution in [2.45, 2.75) is 39.8 Å². The van der Waals surface area contributed by atoms with E-state index in [4.69, 9.17) is 81.8 Å². The van der Waals surface area contributed by atoms with E-state index in [0.29, 0.717) is 0 Å². The minimum Gasteiger partial charge on any atom is -0.353 e. The standard InChI is InChI=1S/C57H54N2P4S4Si.2CH2Cl2/c1-45(2)58-55(56(60(64,47-29-13-5-14-30-47)48-31-15-6-16-32-48)61(65,49-33-17-7-18-34-49)50-35-19-8-20-36-50)59(46(3)4)68(58)57(62(66,51-37-21-9-22-38-51)52-39-23-10-24-40-52)63(67-68,53-41-25-11-26-42-53)54-43-27-12-28-44-54;2*2-1-3/h5-46H,1-4H3;2*1H2. The third-order valence-corrected chi connectivity index (χ3v) is 54.3. The Balaban J connectivity index is 0.00000116. The van der Waals surface area contributed by atoms with Crippen LogP contribution in [0.2, 0.25) is 0 Å². The van der Waals surface area contributed by atoms with Crippen molar-refractivity contribution < 1.29 is 0 Å². The van der Waals surface area contributed by atoms with Crippen molar-refractivity contribution in [3.8, 4) is 0 Å². The van der Waals surface area contributed by atoms with Gasteiger partial charge in [0, 0.05) is 40.9 Å². The molecule has 380 valence electrons. The molecule has 0 N–H and O–H groups in total. The molecule has 1 fully saturated rings. The first-order chi connectivity index (χ1) is 35.9. The zero-order valence-electron chi connectivity index (χ0n) is 41.5.